The number of carbonyl (C=O) groups excluding carboxylic acids is 3. The first-order valence-electron chi connectivity index (χ1n) is 8.37. The van der Waals surface area contributed by atoms with E-state index < -0.39 is 5.91 Å². The molecule has 0 spiro atoms. The van der Waals surface area contributed by atoms with Gasteiger partial charge in [0.1, 0.15) is 0 Å². The highest BCUT2D eigenvalue weighted by Gasteiger charge is 2.15. The highest BCUT2D eigenvalue weighted by Crippen LogP contribution is 2.30. The summed E-state index contributed by atoms with van der Waals surface area (Å²) in [4.78, 5) is 35.8. The predicted molar refractivity (Wildman–Crippen MR) is 106 cm³/mol. The maximum Gasteiger partial charge on any atom is 0.261 e. The monoisotopic (exact) mass is 381 g/mol. The molecule has 0 bridgehead atoms. The highest BCUT2D eigenvalue weighted by molar-refractivity contribution is 7.21. The van der Waals surface area contributed by atoms with E-state index in [-0.39, 0.29) is 18.4 Å². The SMILES string of the molecule is Cc1c(C(=O)NCc2ccc(C(=O)NCC(N)=O)cc2)sc2ccccc12. The number of nitrogens with two attached hydrogens (primary N) is 1. The maximum atomic E-state index is 12.5. The average Bonchev–Trinajstić information content (AvgIpc) is 3.01. The lowest BCUT2D eigenvalue weighted by atomic mass is 10.1. The molecular formula is C20H19N3O3S. The van der Waals surface area contributed by atoms with Gasteiger partial charge in [0.2, 0.25) is 5.91 Å². The smallest absolute Gasteiger partial charge is 0.261 e. The van der Waals surface area contributed by atoms with Gasteiger partial charge in [-0.25, -0.2) is 0 Å². The molecule has 6 nitrogen and oxygen atoms in total. The summed E-state index contributed by atoms with van der Waals surface area (Å²) in [7, 11) is 0. The summed E-state index contributed by atoms with van der Waals surface area (Å²) in [6.45, 7) is 2.11. The van der Waals surface area contributed by atoms with Crippen molar-refractivity contribution in [2.75, 3.05) is 6.54 Å². The standard InChI is InChI=1S/C20H19N3O3S/c1-12-15-4-2-3-5-16(15)27-18(12)20(26)22-10-13-6-8-14(9-7-13)19(25)23-11-17(21)24/h2-9H,10-11H2,1H3,(H2,21,24)(H,22,26)(H,23,25). The van der Waals surface area contributed by atoms with Crippen LogP contribution in [0.3, 0.4) is 0 Å². The van der Waals surface area contributed by atoms with Gasteiger partial charge in [0.05, 0.1) is 11.4 Å². The summed E-state index contributed by atoms with van der Waals surface area (Å²) < 4.78 is 1.09. The number of fused-ring (bicyclic) bond motifs is 1. The number of primary amides is 1. The third kappa shape index (κ3) is 4.32. The van der Waals surface area contributed by atoms with Crippen LogP contribution in [0.1, 0.15) is 31.2 Å². The second kappa shape index (κ2) is 8.01. The zero-order chi connectivity index (χ0) is 19.4. The molecule has 0 radical (unpaired) electrons. The van der Waals surface area contributed by atoms with E-state index in [1.54, 1.807) is 24.3 Å². The minimum atomic E-state index is -0.598. The van der Waals surface area contributed by atoms with Crippen LogP contribution >= 0.6 is 11.3 Å². The number of nitrogens with one attached hydrogen (secondary N) is 2. The Morgan fingerprint density at radius 3 is 2.33 bits per heavy atom. The summed E-state index contributed by atoms with van der Waals surface area (Å²) in [6.07, 6.45) is 0. The molecule has 4 N–H and O–H groups in total. The molecule has 3 rings (SSSR count). The number of benzene rings is 2. The Morgan fingerprint density at radius 1 is 0.963 bits per heavy atom. The molecule has 0 atom stereocenters. The molecule has 1 aromatic heterocycles. The van der Waals surface area contributed by atoms with Crippen molar-refractivity contribution in [1.82, 2.24) is 10.6 Å². The normalized spacial score (nSPS) is 10.6. The first-order chi connectivity index (χ1) is 13.0. The molecular weight excluding hydrogens is 362 g/mol. The van der Waals surface area contributed by atoms with Crippen LogP contribution in [0.5, 0.6) is 0 Å². The molecule has 0 unspecified atom stereocenters. The summed E-state index contributed by atoms with van der Waals surface area (Å²) in [5.74, 6) is -1.08. The van der Waals surface area contributed by atoms with Gasteiger partial charge in [-0.1, -0.05) is 30.3 Å². The number of carbonyl (C=O) groups is 3. The number of hydrogen-bond acceptors (Lipinski definition) is 4. The molecule has 0 aliphatic carbocycles. The largest absolute Gasteiger partial charge is 0.368 e. The summed E-state index contributed by atoms with van der Waals surface area (Å²) in [5.41, 5.74) is 7.27. The van der Waals surface area contributed by atoms with E-state index >= 15 is 0 Å². The Bertz CT molecular complexity index is 1010. The number of amides is 3. The van der Waals surface area contributed by atoms with Crippen molar-refractivity contribution in [2.24, 2.45) is 5.73 Å². The molecule has 0 saturated heterocycles. The number of aryl methyl sites for hydroxylation is 1. The van der Waals surface area contributed by atoms with Gasteiger partial charge >= 0.3 is 0 Å². The van der Waals surface area contributed by atoms with Gasteiger partial charge < -0.3 is 16.4 Å². The van der Waals surface area contributed by atoms with E-state index in [9.17, 15) is 14.4 Å². The molecule has 3 amide bonds. The van der Waals surface area contributed by atoms with E-state index in [2.05, 4.69) is 10.6 Å². The third-order valence-electron chi connectivity index (χ3n) is 4.14. The van der Waals surface area contributed by atoms with Crippen LogP contribution in [0.4, 0.5) is 0 Å². The Labute approximate surface area is 160 Å². The molecule has 27 heavy (non-hydrogen) atoms. The average molecular weight is 381 g/mol. The van der Waals surface area contributed by atoms with Gasteiger partial charge in [0.25, 0.3) is 11.8 Å². The van der Waals surface area contributed by atoms with Crippen molar-refractivity contribution >= 4 is 39.1 Å². The second-order valence-corrected chi connectivity index (χ2v) is 7.13. The van der Waals surface area contributed by atoms with Crippen LogP contribution in [0.15, 0.2) is 48.5 Å². The zero-order valence-corrected chi connectivity index (χ0v) is 15.6. The molecule has 138 valence electrons. The Hall–Kier alpha value is -3.19. The van der Waals surface area contributed by atoms with E-state index in [4.69, 9.17) is 5.73 Å². The molecule has 0 fully saturated rings. The van der Waals surface area contributed by atoms with Crippen LogP contribution in [-0.4, -0.2) is 24.3 Å². The molecule has 0 aliphatic heterocycles. The van der Waals surface area contributed by atoms with Crippen LogP contribution in [0.2, 0.25) is 0 Å². The zero-order valence-electron chi connectivity index (χ0n) is 14.7. The lowest BCUT2D eigenvalue weighted by molar-refractivity contribution is -0.117. The summed E-state index contributed by atoms with van der Waals surface area (Å²) in [6, 6.07) is 14.7. The van der Waals surface area contributed by atoms with Crippen molar-refractivity contribution in [3.8, 4) is 0 Å². The minimum Gasteiger partial charge on any atom is -0.368 e. The predicted octanol–water partition coefficient (Wildman–Crippen LogP) is 2.35. The fourth-order valence-corrected chi connectivity index (χ4v) is 3.82. The van der Waals surface area contributed by atoms with Gasteiger partial charge in [-0.05, 0) is 41.6 Å². The van der Waals surface area contributed by atoms with Crippen molar-refractivity contribution in [3.63, 3.8) is 0 Å². The van der Waals surface area contributed by atoms with Crippen molar-refractivity contribution in [1.29, 1.82) is 0 Å². The number of thiophene rings is 1. The fourth-order valence-electron chi connectivity index (χ4n) is 2.70. The number of rotatable bonds is 6. The topological polar surface area (TPSA) is 101 Å². The quantitative estimate of drug-likeness (QED) is 0.611. The molecule has 1 heterocycles. The first-order valence-corrected chi connectivity index (χ1v) is 9.19. The minimum absolute atomic E-state index is 0.114. The second-order valence-electron chi connectivity index (χ2n) is 6.08. The van der Waals surface area contributed by atoms with Crippen LogP contribution < -0.4 is 16.4 Å². The lowest BCUT2D eigenvalue weighted by Gasteiger charge is -2.07. The van der Waals surface area contributed by atoms with Crippen LogP contribution in [-0.2, 0) is 11.3 Å². The molecule has 0 saturated carbocycles. The van der Waals surface area contributed by atoms with Gasteiger partial charge in [-0.15, -0.1) is 11.3 Å². The van der Waals surface area contributed by atoms with Crippen molar-refractivity contribution in [2.45, 2.75) is 13.5 Å². The maximum absolute atomic E-state index is 12.5. The Morgan fingerprint density at radius 2 is 1.67 bits per heavy atom. The molecule has 3 aromatic rings. The van der Waals surface area contributed by atoms with Crippen molar-refractivity contribution in [3.05, 3.63) is 70.1 Å². The van der Waals surface area contributed by atoms with E-state index in [0.29, 0.717) is 17.0 Å². The summed E-state index contributed by atoms with van der Waals surface area (Å²) in [5, 5.41) is 6.44. The third-order valence-corrected chi connectivity index (χ3v) is 5.41. The highest BCUT2D eigenvalue weighted by atomic mass is 32.1. The van der Waals surface area contributed by atoms with E-state index in [1.165, 1.54) is 11.3 Å². The Kier molecular flexibility index (Phi) is 5.52. The lowest BCUT2D eigenvalue weighted by Crippen LogP contribution is -2.33. The summed E-state index contributed by atoms with van der Waals surface area (Å²) >= 11 is 1.48. The van der Waals surface area contributed by atoms with Gasteiger partial charge in [0.15, 0.2) is 0 Å². The van der Waals surface area contributed by atoms with Gasteiger partial charge in [-0.2, -0.15) is 0 Å². The van der Waals surface area contributed by atoms with Gasteiger partial charge in [-0.3, -0.25) is 14.4 Å². The Balaban J connectivity index is 1.62. The molecule has 2 aromatic carbocycles. The number of hydrogen-bond donors (Lipinski definition) is 3. The fraction of sp³-hybridized carbons (Fsp3) is 0.150. The molecule has 7 heteroatoms. The first kappa shape index (κ1) is 18.6. The molecule has 0 aliphatic rings. The van der Waals surface area contributed by atoms with Crippen molar-refractivity contribution < 1.29 is 14.4 Å². The van der Waals surface area contributed by atoms with Gasteiger partial charge in [0, 0.05) is 16.8 Å². The van der Waals surface area contributed by atoms with Crippen LogP contribution in [0, 0.1) is 6.92 Å². The van der Waals surface area contributed by atoms with E-state index in [1.807, 2.05) is 31.2 Å². The van der Waals surface area contributed by atoms with Crippen LogP contribution in [0.25, 0.3) is 10.1 Å². The van der Waals surface area contributed by atoms with E-state index in [0.717, 1.165) is 21.2 Å².